The number of methoxy groups -OCH3 is 1. The third-order valence-electron chi connectivity index (χ3n) is 4.47. The molecule has 0 spiro atoms. The first-order valence-corrected chi connectivity index (χ1v) is 8.27. The van der Waals surface area contributed by atoms with Crippen LogP contribution >= 0.6 is 0 Å². The minimum atomic E-state index is -1.05. The van der Waals surface area contributed by atoms with Crippen LogP contribution in [0.25, 0.3) is 16.8 Å². The molecule has 4 rings (SSSR count). The number of rotatable bonds is 5. The molecule has 26 heavy (non-hydrogen) atoms. The number of nitrogens with zero attached hydrogens (tertiary/aromatic N) is 2. The second kappa shape index (κ2) is 6.49. The molecule has 1 aliphatic carbocycles. The number of carbonyl (C=O) groups is 1. The van der Waals surface area contributed by atoms with Gasteiger partial charge in [-0.3, -0.25) is 4.79 Å². The topological polar surface area (TPSA) is 55.6 Å². The summed E-state index contributed by atoms with van der Waals surface area (Å²) in [4.78, 5) is 16.2. The lowest BCUT2D eigenvalue weighted by atomic mass is 10.0. The van der Waals surface area contributed by atoms with Crippen LogP contribution in [-0.4, -0.2) is 28.6 Å². The maximum Gasteiger partial charge on any atom is 0.231 e. The Kier molecular flexibility index (Phi) is 4.16. The molecule has 1 N–H and O–H groups in total. The predicted molar refractivity (Wildman–Crippen MR) is 92.9 cm³/mol. The van der Waals surface area contributed by atoms with Gasteiger partial charge in [-0.25, -0.2) is 13.8 Å². The molecule has 1 fully saturated rings. The zero-order valence-electron chi connectivity index (χ0n) is 14.1. The molecule has 2 atom stereocenters. The fourth-order valence-electron chi connectivity index (χ4n) is 2.99. The summed E-state index contributed by atoms with van der Waals surface area (Å²) in [6.07, 6.45) is 2.68. The van der Waals surface area contributed by atoms with Crippen LogP contribution in [-0.2, 0) is 16.1 Å². The Bertz CT molecular complexity index is 986. The molecule has 1 saturated carbocycles. The molecule has 1 aromatic carbocycles. The first-order valence-electron chi connectivity index (χ1n) is 8.27. The van der Waals surface area contributed by atoms with Crippen LogP contribution in [0, 0.1) is 11.7 Å². The SMILES string of the molecule is COCc1c(F)cccc1-c1ccc2nc(NC(=O)C3CC3F)cn2c1. The molecule has 5 nitrogen and oxygen atoms in total. The van der Waals surface area contributed by atoms with Crippen molar-refractivity contribution in [1.82, 2.24) is 9.38 Å². The van der Waals surface area contributed by atoms with Gasteiger partial charge in [0.15, 0.2) is 5.82 Å². The van der Waals surface area contributed by atoms with Crippen molar-refractivity contribution >= 4 is 17.4 Å². The van der Waals surface area contributed by atoms with Gasteiger partial charge in [-0.2, -0.15) is 0 Å². The summed E-state index contributed by atoms with van der Waals surface area (Å²) in [6.45, 7) is 0.164. The van der Waals surface area contributed by atoms with Crippen molar-refractivity contribution in [1.29, 1.82) is 0 Å². The van der Waals surface area contributed by atoms with E-state index in [0.29, 0.717) is 17.0 Å². The number of hydrogen-bond donors (Lipinski definition) is 1. The second-order valence-corrected chi connectivity index (χ2v) is 6.36. The number of pyridine rings is 1. The smallest absolute Gasteiger partial charge is 0.231 e. The van der Waals surface area contributed by atoms with Gasteiger partial charge in [-0.15, -0.1) is 0 Å². The van der Waals surface area contributed by atoms with E-state index in [1.807, 2.05) is 12.1 Å². The molecule has 7 heteroatoms. The number of anilines is 1. The fourth-order valence-corrected chi connectivity index (χ4v) is 2.99. The Morgan fingerprint density at radius 1 is 1.35 bits per heavy atom. The van der Waals surface area contributed by atoms with Gasteiger partial charge in [0.2, 0.25) is 5.91 Å². The van der Waals surface area contributed by atoms with Crippen LogP contribution in [0.2, 0.25) is 0 Å². The van der Waals surface area contributed by atoms with Crippen LogP contribution in [0.3, 0.4) is 0 Å². The Morgan fingerprint density at radius 2 is 2.15 bits per heavy atom. The lowest BCUT2D eigenvalue weighted by molar-refractivity contribution is -0.117. The summed E-state index contributed by atoms with van der Waals surface area (Å²) in [5, 5.41) is 2.63. The standard InChI is InChI=1S/C19H17F2N3O2/c1-26-10-14-12(3-2-4-15(14)20)11-5-6-18-22-17(9-24(18)8-11)23-19(25)13-7-16(13)21/h2-6,8-9,13,16H,7,10H2,1H3,(H,23,25). The van der Waals surface area contributed by atoms with Crippen LogP contribution in [0.15, 0.2) is 42.7 Å². The van der Waals surface area contributed by atoms with E-state index >= 15 is 0 Å². The van der Waals surface area contributed by atoms with Gasteiger partial charge < -0.3 is 14.5 Å². The van der Waals surface area contributed by atoms with Crippen molar-refractivity contribution in [3.05, 3.63) is 54.1 Å². The first-order chi connectivity index (χ1) is 12.6. The summed E-state index contributed by atoms with van der Waals surface area (Å²) >= 11 is 0. The summed E-state index contributed by atoms with van der Waals surface area (Å²) in [5.74, 6) is -0.885. The third kappa shape index (κ3) is 3.06. The van der Waals surface area contributed by atoms with Crippen molar-refractivity contribution in [3.8, 4) is 11.1 Å². The predicted octanol–water partition coefficient (Wildman–Crippen LogP) is 3.58. The molecule has 0 radical (unpaired) electrons. The molecule has 2 unspecified atom stereocenters. The molecule has 3 aromatic rings. The number of amides is 1. The molecule has 2 aromatic heterocycles. The monoisotopic (exact) mass is 357 g/mol. The molecule has 1 amide bonds. The molecule has 0 saturated heterocycles. The normalized spacial score (nSPS) is 18.9. The maximum atomic E-state index is 14.1. The molecular weight excluding hydrogens is 340 g/mol. The van der Waals surface area contributed by atoms with Crippen LogP contribution in [0.1, 0.15) is 12.0 Å². The van der Waals surface area contributed by atoms with Crippen molar-refractivity contribution in [3.63, 3.8) is 0 Å². The highest BCUT2D eigenvalue weighted by molar-refractivity contribution is 5.94. The Labute approximate surface area is 148 Å². The van der Waals surface area contributed by atoms with Gasteiger partial charge in [0.05, 0.1) is 18.7 Å². The number of fused-ring (bicyclic) bond motifs is 1. The summed E-state index contributed by atoms with van der Waals surface area (Å²) in [7, 11) is 1.52. The number of carbonyl (C=O) groups excluding carboxylic acids is 1. The molecule has 1 aliphatic rings. The largest absolute Gasteiger partial charge is 0.380 e. The maximum absolute atomic E-state index is 14.1. The lowest BCUT2D eigenvalue weighted by Crippen LogP contribution is -2.15. The number of hydrogen-bond acceptors (Lipinski definition) is 3. The highest BCUT2D eigenvalue weighted by atomic mass is 19.1. The fraction of sp³-hybridized carbons (Fsp3) is 0.263. The molecule has 134 valence electrons. The lowest BCUT2D eigenvalue weighted by Gasteiger charge is -2.10. The number of halogens is 2. The minimum Gasteiger partial charge on any atom is -0.380 e. The Balaban J connectivity index is 1.66. The van der Waals surface area contributed by atoms with Gasteiger partial charge in [0.25, 0.3) is 0 Å². The van der Waals surface area contributed by atoms with E-state index in [-0.39, 0.29) is 24.8 Å². The van der Waals surface area contributed by atoms with Crippen molar-refractivity contribution in [2.75, 3.05) is 12.4 Å². The zero-order valence-corrected chi connectivity index (χ0v) is 14.1. The molecular formula is C19H17F2N3O2. The number of nitrogens with one attached hydrogen (secondary N) is 1. The highest BCUT2D eigenvalue weighted by Gasteiger charge is 2.43. The third-order valence-corrected chi connectivity index (χ3v) is 4.47. The van der Waals surface area contributed by atoms with E-state index in [4.69, 9.17) is 4.74 Å². The number of imidazole rings is 1. The van der Waals surface area contributed by atoms with Crippen molar-refractivity contribution in [2.45, 2.75) is 19.2 Å². The Morgan fingerprint density at radius 3 is 2.88 bits per heavy atom. The van der Waals surface area contributed by atoms with E-state index in [9.17, 15) is 13.6 Å². The van der Waals surface area contributed by atoms with E-state index in [1.54, 1.807) is 28.9 Å². The minimum absolute atomic E-state index is 0.164. The number of aromatic nitrogens is 2. The number of benzene rings is 1. The average molecular weight is 357 g/mol. The van der Waals surface area contributed by atoms with E-state index in [2.05, 4.69) is 10.3 Å². The number of alkyl halides is 1. The van der Waals surface area contributed by atoms with Crippen LogP contribution in [0.4, 0.5) is 14.6 Å². The molecule has 0 bridgehead atoms. The van der Waals surface area contributed by atoms with Gasteiger partial charge in [-0.05, 0) is 35.7 Å². The van der Waals surface area contributed by atoms with Crippen LogP contribution < -0.4 is 5.32 Å². The molecule has 0 aliphatic heterocycles. The first kappa shape index (κ1) is 16.7. The van der Waals surface area contributed by atoms with E-state index in [1.165, 1.54) is 13.2 Å². The second-order valence-electron chi connectivity index (χ2n) is 6.36. The van der Waals surface area contributed by atoms with Gasteiger partial charge in [0, 0.05) is 18.9 Å². The highest BCUT2D eigenvalue weighted by Crippen LogP contribution is 2.34. The van der Waals surface area contributed by atoms with Crippen LogP contribution in [0.5, 0.6) is 0 Å². The summed E-state index contributed by atoms with van der Waals surface area (Å²) in [6, 6.07) is 8.49. The van der Waals surface area contributed by atoms with Crippen molar-refractivity contribution in [2.24, 2.45) is 5.92 Å². The van der Waals surface area contributed by atoms with Gasteiger partial charge >= 0.3 is 0 Å². The molecule has 2 heterocycles. The van der Waals surface area contributed by atoms with Gasteiger partial charge in [-0.1, -0.05) is 12.1 Å². The zero-order chi connectivity index (χ0) is 18.3. The van der Waals surface area contributed by atoms with E-state index in [0.717, 1.165) is 11.1 Å². The van der Waals surface area contributed by atoms with Gasteiger partial charge in [0.1, 0.15) is 17.6 Å². The number of ether oxygens (including phenoxy) is 1. The average Bonchev–Trinajstić information content (AvgIpc) is 3.22. The van der Waals surface area contributed by atoms with Crippen molar-refractivity contribution < 1.29 is 18.3 Å². The summed E-state index contributed by atoms with van der Waals surface area (Å²) < 4.78 is 33.9. The quantitative estimate of drug-likeness (QED) is 0.759. The Hall–Kier alpha value is -2.80. The van der Waals surface area contributed by atoms with E-state index < -0.39 is 12.1 Å². The summed E-state index contributed by atoms with van der Waals surface area (Å²) in [5.41, 5.74) is 2.63.